The molecule has 2 unspecified atom stereocenters. The molecule has 17 heavy (non-hydrogen) atoms. The Labute approximate surface area is 107 Å². The van der Waals surface area contributed by atoms with Crippen LogP contribution in [0.15, 0.2) is 12.1 Å². The topological polar surface area (TPSA) is 48.1 Å². The first-order valence-electron chi connectivity index (χ1n) is 6.27. The van der Waals surface area contributed by atoms with E-state index in [2.05, 4.69) is 11.9 Å². The molecule has 1 heterocycles. The van der Waals surface area contributed by atoms with Crippen molar-refractivity contribution < 1.29 is 4.74 Å². The van der Waals surface area contributed by atoms with Crippen LogP contribution in [-0.2, 0) is 0 Å². The van der Waals surface area contributed by atoms with Crippen molar-refractivity contribution in [1.82, 2.24) is 4.98 Å². The Bertz CT molecular complexity index is 363. The number of ether oxygens (including phenoxy) is 1. The summed E-state index contributed by atoms with van der Waals surface area (Å²) in [4.78, 5) is 4.14. The molecular weight excluding hydrogens is 236 g/mol. The van der Waals surface area contributed by atoms with Crippen LogP contribution in [0.2, 0.25) is 5.15 Å². The number of nitrogens with zero attached hydrogens (tertiary/aromatic N) is 1. The van der Waals surface area contributed by atoms with Crippen molar-refractivity contribution in [2.24, 2.45) is 5.92 Å². The molecule has 0 spiro atoms. The zero-order valence-corrected chi connectivity index (χ0v) is 10.9. The van der Waals surface area contributed by atoms with Gasteiger partial charge in [0.05, 0.1) is 0 Å². The normalized spacial score (nSPS) is 24.6. The van der Waals surface area contributed by atoms with Gasteiger partial charge < -0.3 is 10.5 Å². The molecule has 0 aromatic carbocycles. The molecule has 2 atom stereocenters. The molecule has 1 aliphatic carbocycles. The molecule has 1 aliphatic rings. The summed E-state index contributed by atoms with van der Waals surface area (Å²) in [5, 5.41) is 0.392. The molecule has 1 aromatic rings. The number of anilines is 1. The van der Waals surface area contributed by atoms with Crippen molar-refractivity contribution in [1.29, 1.82) is 0 Å². The minimum Gasteiger partial charge on any atom is -0.474 e. The Kier molecular flexibility index (Phi) is 4.11. The molecule has 1 fully saturated rings. The number of halogens is 1. The first kappa shape index (κ1) is 12.5. The number of rotatable bonds is 3. The lowest BCUT2D eigenvalue weighted by Gasteiger charge is -2.28. The van der Waals surface area contributed by atoms with E-state index in [0.717, 1.165) is 18.8 Å². The highest BCUT2D eigenvalue weighted by atomic mass is 35.5. The minimum absolute atomic E-state index is 0.263. The van der Waals surface area contributed by atoms with Crippen molar-refractivity contribution in [2.45, 2.75) is 45.1 Å². The van der Waals surface area contributed by atoms with Gasteiger partial charge in [-0.3, -0.25) is 0 Å². The summed E-state index contributed by atoms with van der Waals surface area (Å²) in [5.41, 5.74) is 6.31. The highest BCUT2D eigenvalue weighted by molar-refractivity contribution is 6.29. The van der Waals surface area contributed by atoms with Gasteiger partial charge in [0.25, 0.3) is 0 Å². The van der Waals surface area contributed by atoms with Gasteiger partial charge in [-0.15, -0.1) is 0 Å². The highest BCUT2D eigenvalue weighted by Gasteiger charge is 2.22. The van der Waals surface area contributed by atoms with E-state index in [-0.39, 0.29) is 6.10 Å². The summed E-state index contributed by atoms with van der Waals surface area (Å²) in [5.74, 6) is 1.34. The lowest BCUT2D eigenvalue weighted by Crippen LogP contribution is -2.25. The average Bonchev–Trinajstić information content (AvgIpc) is 2.28. The Hall–Kier alpha value is -0.960. The van der Waals surface area contributed by atoms with Crippen molar-refractivity contribution in [2.75, 3.05) is 5.73 Å². The number of nitrogen functional groups attached to an aromatic ring is 1. The van der Waals surface area contributed by atoms with Gasteiger partial charge in [0.15, 0.2) is 0 Å². The number of nitrogens with two attached hydrogens (primary N) is 1. The van der Waals surface area contributed by atoms with Gasteiger partial charge in [-0.05, 0) is 31.2 Å². The standard InChI is InChI=1S/C13H19ClN2O/c1-2-9-4-3-5-11(6-9)17-13-8-10(15)7-12(14)16-13/h7-9,11H,2-6H2,1H3,(H2,15,16). The van der Waals surface area contributed by atoms with Crippen LogP contribution >= 0.6 is 11.6 Å². The molecule has 1 aromatic heterocycles. The van der Waals surface area contributed by atoms with E-state index in [1.807, 2.05) is 0 Å². The lowest BCUT2D eigenvalue weighted by atomic mass is 9.85. The first-order chi connectivity index (χ1) is 8.17. The maximum Gasteiger partial charge on any atom is 0.217 e. The van der Waals surface area contributed by atoms with Crippen LogP contribution in [0.4, 0.5) is 5.69 Å². The predicted molar refractivity (Wildman–Crippen MR) is 70.3 cm³/mol. The maximum atomic E-state index is 5.87. The molecule has 2 N–H and O–H groups in total. The second-order valence-corrected chi connectivity index (χ2v) is 5.13. The molecule has 0 bridgehead atoms. The van der Waals surface area contributed by atoms with E-state index in [1.165, 1.54) is 19.3 Å². The highest BCUT2D eigenvalue weighted by Crippen LogP contribution is 2.29. The van der Waals surface area contributed by atoms with Crippen LogP contribution in [0.1, 0.15) is 39.0 Å². The fourth-order valence-electron chi connectivity index (χ4n) is 2.44. The van der Waals surface area contributed by atoms with Crippen LogP contribution in [0.5, 0.6) is 5.88 Å². The number of hydrogen-bond donors (Lipinski definition) is 1. The summed E-state index contributed by atoms with van der Waals surface area (Å²) in [6.45, 7) is 2.24. The third-order valence-corrected chi connectivity index (χ3v) is 3.59. The molecule has 0 radical (unpaired) electrons. The SMILES string of the molecule is CCC1CCCC(Oc2cc(N)cc(Cl)n2)C1. The minimum atomic E-state index is 0.263. The molecular formula is C13H19ClN2O. The molecule has 0 saturated heterocycles. The van der Waals surface area contributed by atoms with E-state index >= 15 is 0 Å². The smallest absolute Gasteiger partial charge is 0.217 e. The Morgan fingerprint density at radius 1 is 1.47 bits per heavy atom. The van der Waals surface area contributed by atoms with Crippen LogP contribution < -0.4 is 10.5 Å². The zero-order chi connectivity index (χ0) is 12.3. The fraction of sp³-hybridized carbons (Fsp3) is 0.615. The van der Waals surface area contributed by atoms with Gasteiger partial charge in [-0.1, -0.05) is 31.4 Å². The van der Waals surface area contributed by atoms with Crippen molar-refractivity contribution in [3.8, 4) is 5.88 Å². The molecule has 0 aliphatic heterocycles. The summed E-state index contributed by atoms with van der Waals surface area (Å²) in [7, 11) is 0. The van der Waals surface area contributed by atoms with E-state index < -0.39 is 0 Å². The third-order valence-electron chi connectivity index (χ3n) is 3.39. The molecule has 1 saturated carbocycles. The molecule has 3 nitrogen and oxygen atoms in total. The van der Waals surface area contributed by atoms with E-state index in [9.17, 15) is 0 Å². The number of hydrogen-bond acceptors (Lipinski definition) is 3. The number of pyridine rings is 1. The average molecular weight is 255 g/mol. The third kappa shape index (κ3) is 3.50. The summed E-state index contributed by atoms with van der Waals surface area (Å²) in [6, 6.07) is 3.37. The largest absolute Gasteiger partial charge is 0.474 e. The second kappa shape index (κ2) is 5.58. The maximum absolute atomic E-state index is 5.87. The molecule has 94 valence electrons. The lowest BCUT2D eigenvalue weighted by molar-refractivity contribution is 0.117. The van der Waals surface area contributed by atoms with Crippen molar-refractivity contribution in [3.63, 3.8) is 0 Å². The Balaban J connectivity index is 2.00. The van der Waals surface area contributed by atoms with Gasteiger partial charge >= 0.3 is 0 Å². The van der Waals surface area contributed by atoms with E-state index in [4.69, 9.17) is 22.1 Å². The quantitative estimate of drug-likeness (QED) is 0.838. The molecule has 2 rings (SSSR count). The van der Waals surface area contributed by atoms with E-state index in [0.29, 0.717) is 16.7 Å². The van der Waals surface area contributed by atoms with Gasteiger partial charge in [0.2, 0.25) is 5.88 Å². The fourth-order valence-corrected chi connectivity index (χ4v) is 2.65. The monoisotopic (exact) mass is 254 g/mol. The zero-order valence-electron chi connectivity index (χ0n) is 10.2. The molecule has 0 amide bonds. The predicted octanol–water partition coefficient (Wildman–Crippen LogP) is 3.66. The van der Waals surface area contributed by atoms with Crippen LogP contribution in [-0.4, -0.2) is 11.1 Å². The van der Waals surface area contributed by atoms with Crippen LogP contribution in [0, 0.1) is 5.92 Å². The Morgan fingerprint density at radius 3 is 3.00 bits per heavy atom. The first-order valence-corrected chi connectivity index (χ1v) is 6.65. The summed E-state index contributed by atoms with van der Waals surface area (Å²) < 4.78 is 5.87. The van der Waals surface area contributed by atoms with Gasteiger partial charge in [-0.2, -0.15) is 0 Å². The van der Waals surface area contributed by atoms with Gasteiger partial charge in [-0.25, -0.2) is 4.98 Å². The van der Waals surface area contributed by atoms with Gasteiger partial charge in [0, 0.05) is 11.8 Å². The second-order valence-electron chi connectivity index (χ2n) is 4.74. The van der Waals surface area contributed by atoms with Crippen LogP contribution in [0.25, 0.3) is 0 Å². The Morgan fingerprint density at radius 2 is 2.29 bits per heavy atom. The number of aromatic nitrogens is 1. The van der Waals surface area contributed by atoms with E-state index in [1.54, 1.807) is 12.1 Å². The van der Waals surface area contributed by atoms with Crippen molar-refractivity contribution >= 4 is 17.3 Å². The van der Waals surface area contributed by atoms with Crippen LogP contribution in [0.3, 0.4) is 0 Å². The summed E-state index contributed by atoms with van der Waals surface area (Å²) >= 11 is 5.85. The summed E-state index contributed by atoms with van der Waals surface area (Å²) in [6.07, 6.45) is 6.26. The molecule has 4 heteroatoms. The van der Waals surface area contributed by atoms with Crippen molar-refractivity contribution in [3.05, 3.63) is 17.3 Å². The van der Waals surface area contributed by atoms with Gasteiger partial charge in [0.1, 0.15) is 11.3 Å².